The summed E-state index contributed by atoms with van der Waals surface area (Å²) >= 11 is 0. The van der Waals surface area contributed by atoms with Gasteiger partial charge < -0.3 is 10.1 Å². The molecule has 1 atom stereocenters. The van der Waals surface area contributed by atoms with E-state index in [1.165, 1.54) is 17.7 Å². The maximum atomic E-state index is 5.26. The molecule has 0 radical (unpaired) electrons. The van der Waals surface area contributed by atoms with Crippen LogP contribution in [0.1, 0.15) is 38.7 Å². The van der Waals surface area contributed by atoms with Crippen molar-refractivity contribution in [2.45, 2.75) is 33.1 Å². The maximum Gasteiger partial charge on any atom is 0.120 e. The minimum Gasteiger partial charge on any atom is -0.497 e. The van der Waals surface area contributed by atoms with Crippen LogP contribution in [0.3, 0.4) is 0 Å². The molecule has 1 aromatic carbocycles. The number of anilines is 1. The van der Waals surface area contributed by atoms with Crippen LogP contribution in [-0.4, -0.2) is 13.7 Å². The van der Waals surface area contributed by atoms with Crippen LogP contribution in [0.25, 0.3) is 0 Å². The number of hydrogen-bond donors (Lipinski definition) is 1. The molecule has 1 aliphatic rings. The first kappa shape index (κ1) is 11.3. The summed E-state index contributed by atoms with van der Waals surface area (Å²) in [6, 6.07) is 6.37. The van der Waals surface area contributed by atoms with E-state index in [0.717, 1.165) is 12.3 Å². The molecule has 1 N–H and O–H groups in total. The van der Waals surface area contributed by atoms with Crippen LogP contribution in [-0.2, 0) is 0 Å². The highest BCUT2D eigenvalue weighted by molar-refractivity contribution is 5.58. The molecule has 0 aliphatic carbocycles. The van der Waals surface area contributed by atoms with E-state index in [2.05, 4.69) is 44.3 Å². The smallest absolute Gasteiger partial charge is 0.120 e. The van der Waals surface area contributed by atoms with E-state index in [-0.39, 0.29) is 0 Å². The van der Waals surface area contributed by atoms with Gasteiger partial charge in [-0.15, -0.1) is 0 Å². The Hall–Kier alpha value is -1.18. The van der Waals surface area contributed by atoms with Crippen molar-refractivity contribution in [2.24, 2.45) is 5.41 Å². The molecule has 0 saturated heterocycles. The van der Waals surface area contributed by atoms with E-state index < -0.39 is 0 Å². The zero-order chi connectivity index (χ0) is 11.8. The Kier molecular flexibility index (Phi) is 2.83. The average molecular weight is 219 g/mol. The monoisotopic (exact) mass is 219 g/mol. The lowest BCUT2D eigenvalue weighted by molar-refractivity contribution is 0.305. The SMILES string of the molecule is COc1ccc2c(c1)NCCC2C(C)(C)C. The van der Waals surface area contributed by atoms with Gasteiger partial charge in [-0.3, -0.25) is 0 Å². The van der Waals surface area contributed by atoms with Gasteiger partial charge in [0.15, 0.2) is 0 Å². The second-order valence-corrected chi connectivity index (χ2v) is 5.59. The summed E-state index contributed by atoms with van der Waals surface area (Å²) in [6.45, 7) is 8.01. The molecule has 2 nitrogen and oxygen atoms in total. The van der Waals surface area contributed by atoms with Crippen LogP contribution in [0.2, 0.25) is 0 Å². The fourth-order valence-electron chi connectivity index (χ4n) is 2.53. The van der Waals surface area contributed by atoms with Gasteiger partial charge in [0, 0.05) is 18.3 Å². The van der Waals surface area contributed by atoms with E-state index in [1.54, 1.807) is 7.11 Å². The van der Waals surface area contributed by atoms with Gasteiger partial charge in [-0.1, -0.05) is 26.8 Å². The van der Waals surface area contributed by atoms with E-state index in [4.69, 9.17) is 4.74 Å². The number of nitrogens with one attached hydrogen (secondary N) is 1. The van der Waals surface area contributed by atoms with Gasteiger partial charge in [0.1, 0.15) is 5.75 Å². The first-order valence-electron chi connectivity index (χ1n) is 5.94. The molecule has 0 aromatic heterocycles. The van der Waals surface area contributed by atoms with Crippen molar-refractivity contribution in [3.63, 3.8) is 0 Å². The van der Waals surface area contributed by atoms with Gasteiger partial charge in [-0.25, -0.2) is 0 Å². The third kappa shape index (κ3) is 2.01. The normalized spacial score (nSPS) is 19.9. The molecule has 0 bridgehead atoms. The predicted octanol–water partition coefficient (Wildman–Crippen LogP) is 3.64. The molecule has 0 spiro atoms. The summed E-state index contributed by atoms with van der Waals surface area (Å²) in [5.41, 5.74) is 3.00. The summed E-state index contributed by atoms with van der Waals surface area (Å²) in [6.07, 6.45) is 1.21. The molecule has 1 aromatic rings. The molecule has 0 amide bonds. The van der Waals surface area contributed by atoms with Crippen molar-refractivity contribution in [2.75, 3.05) is 19.0 Å². The van der Waals surface area contributed by atoms with Crippen molar-refractivity contribution in [3.05, 3.63) is 23.8 Å². The second-order valence-electron chi connectivity index (χ2n) is 5.59. The molecule has 0 fully saturated rings. The van der Waals surface area contributed by atoms with Crippen molar-refractivity contribution in [1.82, 2.24) is 0 Å². The van der Waals surface area contributed by atoms with Crippen LogP contribution in [0.5, 0.6) is 5.75 Å². The number of methoxy groups -OCH3 is 1. The first-order chi connectivity index (χ1) is 7.52. The second kappa shape index (κ2) is 4.00. The molecule has 1 aliphatic heterocycles. The van der Waals surface area contributed by atoms with Gasteiger partial charge in [0.2, 0.25) is 0 Å². The standard InChI is InChI=1S/C14H21NO/c1-14(2,3)12-7-8-15-13-9-10(16-4)5-6-11(12)13/h5-6,9,12,15H,7-8H2,1-4H3. The minimum absolute atomic E-state index is 0.325. The summed E-state index contributed by atoms with van der Waals surface area (Å²) in [5, 5.41) is 3.46. The Labute approximate surface area is 98.0 Å². The lowest BCUT2D eigenvalue weighted by atomic mass is 9.73. The van der Waals surface area contributed by atoms with Crippen LogP contribution in [0.15, 0.2) is 18.2 Å². The third-order valence-corrected chi connectivity index (χ3v) is 3.43. The molecule has 2 rings (SSSR count). The zero-order valence-electron chi connectivity index (χ0n) is 10.6. The summed E-state index contributed by atoms with van der Waals surface area (Å²) in [7, 11) is 1.71. The first-order valence-corrected chi connectivity index (χ1v) is 5.94. The molecular weight excluding hydrogens is 198 g/mol. The average Bonchev–Trinajstić information content (AvgIpc) is 2.26. The summed E-state index contributed by atoms with van der Waals surface area (Å²) in [5.74, 6) is 1.57. The molecule has 1 heterocycles. The summed E-state index contributed by atoms with van der Waals surface area (Å²) in [4.78, 5) is 0. The van der Waals surface area contributed by atoms with Gasteiger partial charge in [-0.05, 0) is 29.4 Å². The lowest BCUT2D eigenvalue weighted by Crippen LogP contribution is -2.26. The highest BCUT2D eigenvalue weighted by Crippen LogP contribution is 2.44. The van der Waals surface area contributed by atoms with Crippen LogP contribution < -0.4 is 10.1 Å². The quantitative estimate of drug-likeness (QED) is 0.778. The number of fused-ring (bicyclic) bond motifs is 1. The lowest BCUT2D eigenvalue weighted by Gasteiger charge is -2.36. The van der Waals surface area contributed by atoms with Crippen molar-refractivity contribution in [1.29, 1.82) is 0 Å². The zero-order valence-corrected chi connectivity index (χ0v) is 10.6. The van der Waals surface area contributed by atoms with Gasteiger partial charge in [0.25, 0.3) is 0 Å². The van der Waals surface area contributed by atoms with Gasteiger partial charge in [-0.2, -0.15) is 0 Å². The molecule has 88 valence electrons. The Morgan fingerprint density at radius 1 is 1.31 bits per heavy atom. The fraction of sp³-hybridized carbons (Fsp3) is 0.571. The van der Waals surface area contributed by atoms with Crippen LogP contribution in [0.4, 0.5) is 5.69 Å². The predicted molar refractivity (Wildman–Crippen MR) is 68.3 cm³/mol. The van der Waals surface area contributed by atoms with Gasteiger partial charge in [0.05, 0.1) is 7.11 Å². The van der Waals surface area contributed by atoms with Crippen molar-refractivity contribution >= 4 is 5.69 Å². The number of hydrogen-bond acceptors (Lipinski definition) is 2. The molecule has 1 unspecified atom stereocenters. The van der Waals surface area contributed by atoms with Crippen LogP contribution in [0, 0.1) is 5.41 Å². The largest absolute Gasteiger partial charge is 0.497 e. The van der Waals surface area contributed by atoms with Crippen LogP contribution >= 0.6 is 0 Å². The summed E-state index contributed by atoms with van der Waals surface area (Å²) < 4.78 is 5.26. The van der Waals surface area contributed by atoms with E-state index >= 15 is 0 Å². The fourth-order valence-corrected chi connectivity index (χ4v) is 2.53. The van der Waals surface area contributed by atoms with Gasteiger partial charge >= 0.3 is 0 Å². The molecular formula is C14H21NO. The maximum absolute atomic E-state index is 5.26. The van der Waals surface area contributed by atoms with E-state index in [9.17, 15) is 0 Å². The third-order valence-electron chi connectivity index (χ3n) is 3.43. The van der Waals surface area contributed by atoms with Crippen molar-refractivity contribution < 1.29 is 4.74 Å². The Morgan fingerprint density at radius 3 is 2.69 bits per heavy atom. The highest BCUT2D eigenvalue weighted by Gasteiger charge is 2.30. The van der Waals surface area contributed by atoms with Crippen molar-refractivity contribution in [3.8, 4) is 5.75 Å². The molecule has 2 heteroatoms. The Morgan fingerprint density at radius 2 is 2.06 bits per heavy atom. The topological polar surface area (TPSA) is 21.3 Å². The molecule has 16 heavy (non-hydrogen) atoms. The Bertz CT molecular complexity index is 379. The highest BCUT2D eigenvalue weighted by atomic mass is 16.5. The van der Waals surface area contributed by atoms with E-state index in [0.29, 0.717) is 11.3 Å². The number of benzene rings is 1. The Balaban J connectivity index is 2.40. The number of rotatable bonds is 1. The minimum atomic E-state index is 0.325. The van der Waals surface area contributed by atoms with E-state index in [1.807, 2.05) is 0 Å². The molecule has 0 saturated carbocycles. The number of ether oxygens (including phenoxy) is 1.